The Morgan fingerprint density at radius 1 is 1.29 bits per heavy atom. The number of hydrogen-bond acceptors (Lipinski definition) is 2. The Morgan fingerprint density at radius 3 is 2.62 bits per heavy atom. The molecule has 0 aliphatic heterocycles. The molecule has 0 saturated heterocycles. The SMILES string of the molecule is CC(c1ccccc1O)N(C)C(=O)c1cc(Cl)ccc1Br. The van der Waals surface area contributed by atoms with Crippen LogP contribution in [0.5, 0.6) is 5.75 Å². The van der Waals surface area contributed by atoms with E-state index in [1.807, 2.05) is 13.0 Å². The molecule has 0 aliphatic rings. The number of aromatic hydroxyl groups is 1. The maximum Gasteiger partial charge on any atom is 0.255 e. The summed E-state index contributed by atoms with van der Waals surface area (Å²) in [5, 5.41) is 10.4. The van der Waals surface area contributed by atoms with Gasteiger partial charge in [-0.3, -0.25) is 4.79 Å². The van der Waals surface area contributed by atoms with Crippen molar-refractivity contribution in [2.75, 3.05) is 7.05 Å². The highest BCUT2D eigenvalue weighted by Crippen LogP contribution is 2.30. The summed E-state index contributed by atoms with van der Waals surface area (Å²) >= 11 is 9.32. The molecule has 0 spiro atoms. The van der Waals surface area contributed by atoms with Crippen molar-refractivity contribution in [3.8, 4) is 5.75 Å². The molecule has 1 atom stereocenters. The molecule has 21 heavy (non-hydrogen) atoms. The number of phenolic OH excluding ortho intramolecular Hbond substituents is 1. The fourth-order valence-electron chi connectivity index (χ4n) is 2.08. The van der Waals surface area contributed by atoms with E-state index >= 15 is 0 Å². The van der Waals surface area contributed by atoms with Crippen molar-refractivity contribution in [3.63, 3.8) is 0 Å². The van der Waals surface area contributed by atoms with Gasteiger partial charge in [-0.2, -0.15) is 0 Å². The Bertz CT molecular complexity index is 675. The normalized spacial score (nSPS) is 12.0. The van der Waals surface area contributed by atoms with Gasteiger partial charge < -0.3 is 10.0 Å². The Labute approximate surface area is 137 Å². The number of amides is 1. The molecule has 0 aromatic heterocycles. The van der Waals surface area contributed by atoms with Crippen LogP contribution in [0.15, 0.2) is 46.9 Å². The average Bonchev–Trinajstić information content (AvgIpc) is 2.48. The first-order valence-electron chi connectivity index (χ1n) is 6.42. The van der Waals surface area contributed by atoms with E-state index in [0.717, 1.165) is 0 Å². The molecule has 0 bridgehead atoms. The topological polar surface area (TPSA) is 40.5 Å². The summed E-state index contributed by atoms with van der Waals surface area (Å²) < 4.78 is 0.688. The molecule has 1 N–H and O–H groups in total. The molecule has 2 aromatic rings. The average molecular weight is 369 g/mol. The fourth-order valence-corrected chi connectivity index (χ4v) is 2.67. The van der Waals surface area contributed by atoms with Crippen molar-refractivity contribution in [2.45, 2.75) is 13.0 Å². The van der Waals surface area contributed by atoms with Crippen LogP contribution >= 0.6 is 27.5 Å². The second-order valence-electron chi connectivity index (χ2n) is 4.78. The van der Waals surface area contributed by atoms with Crippen LogP contribution in [0.4, 0.5) is 0 Å². The Kier molecular flexibility index (Phi) is 4.91. The molecule has 0 aliphatic carbocycles. The molecular weight excluding hydrogens is 354 g/mol. The summed E-state index contributed by atoms with van der Waals surface area (Å²) in [5.41, 5.74) is 1.19. The third-order valence-corrected chi connectivity index (χ3v) is 4.37. The van der Waals surface area contributed by atoms with E-state index in [1.165, 1.54) is 0 Å². The molecule has 0 saturated carbocycles. The smallest absolute Gasteiger partial charge is 0.255 e. The van der Waals surface area contributed by atoms with Crippen LogP contribution in [0.3, 0.4) is 0 Å². The maximum atomic E-state index is 12.6. The monoisotopic (exact) mass is 367 g/mol. The summed E-state index contributed by atoms with van der Waals surface area (Å²) in [5.74, 6) is 0.00920. The lowest BCUT2D eigenvalue weighted by molar-refractivity contribution is 0.0740. The van der Waals surface area contributed by atoms with Crippen LogP contribution in [0.1, 0.15) is 28.9 Å². The molecule has 1 unspecified atom stereocenters. The van der Waals surface area contributed by atoms with Crippen LogP contribution in [0, 0.1) is 0 Å². The van der Waals surface area contributed by atoms with Crippen molar-refractivity contribution in [2.24, 2.45) is 0 Å². The standard InChI is InChI=1S/C16H15BrClNO2/c1-10(12-5-3-4-6-15(12)20)19(2)16(21)13-9-11(18)7-8-14(13)17/h3-10,20H,1-2H3. The van der Waals surface area contributed by atoms with Crippen LogP contribution in [-0.2, 0) is 0 Å². The predicted molar refractivity (Wildman–Crippen MR) is 87.8 cm³/mol. The minimum absolute atomic E-state index is 0.167. The second kappa shape index (κ2) is 6.50. The summed E-state index contributed by atoms with van der Waals surface area (Å²) in [6, 6.07) is 11.8. The van der Waals surface area contributed by atoms with E-state index in [2.05, 4.69) is 15.9 Å². The van der Waals surface area contributed by atoms with Gasteiger partial charge in [0.25, 0.3) is 5.91 Å². The van der Waals surface area contributed by atoms with E-state index in [1.54, 1.807) is 48.3 Å². The number of para-hydroxylation sites is 1. The lowest BCUT2D eigenvalue weighted by Crippen LogP contribution is -2.30. The molecule has 0 radical (unpaired) electrons. The summed E-state index contributed by atoms with van der Waals surface area (Å²) in [7, 11) is 1.70. The van der Waals surface area contributed by atoms with Gasteiger partial charge >= 0.3 is 0 Å². The van der Waals surface area contributed by atoms with Gasteiger partial charge in [-0.25, -0.2) is 0 Å². The molecule has 0 fully saturated rings. The third-order valence-electron chi connectivity index (χ3n) is 3.45. The van der Waals surface area contributed by atoms with Gasteiger partial charge in [-0.1, -0.05) is 29.8 Å². The van der Waals surface area contributed by atoms with Gasteiger partial charge in [-0.15, -0.1) is 0 Å². The highest BCUT2D eigenvalue weighted by Gasteiger charge is 2.22. The van der Waals surface area contributed by atoms with E-state index < -0.39 is 0 Å². The van der Waals surface area contributed by atoms with E-state index in [9.17, 15) is 9.90 Å². The van der Waals surface area contributed by atoms with Crippen molar-refractivity contribution in [1.82, 2.24) is 4.90 Å². The van der Waals surface area contributed by atoms with Crippen LogP contribution < -0.4 is 0 Å². The number of carbonyl (C=O) groups is 1. The quantitative estimate of drug-likeness (QED) is 0.857. The number of phenols is 1. The van der Waals surface area contributed by atoms with Crippen LogP contribution in [0.2, 0.25) is 5.02 Å². The van der Waals surface area contributed by atoms with Gasteiger partial charge in [0.05, 0.1) is 11.6 Å². The molecule has 0 heterocycles. The van der Waals surface area contributed by atoms with E-state index in [0.29, 0.717) is 20.6 Å². The molecule has 2 aromatic carbocycles. The molecule has 5 heteroatoms. The van der Waals surface area contributed by atoms with Crippen LogP contribution in [0.25, 0.3) is 0 Å². The van der Waals surface area contributed by atoms with Gasteiger partial charge in [0.15, 0.2) is 0 Å². The first kappa shape index (κ1) is 15.9. The van der Waals surface area contributed by atoms with Crippen molar-refractivity contribution in [1.29, 1.82) is 0 Å². The molecule has 110 valence electrons. The number of nitrogens with zero attached hydrogens (tertiary/aromatic N) is 1. The first-order chi connectivity index (χ1) is 9.91. The van der Waals surface area contributed by atoms with Gasteiger partial charge in [0, 0.05) is 22.1 Å². The molecular formula is C16H15BrClNO2. The number of hydrogen-bond donors (Lipinski definition) is 1. The number of halogens is 2. The van der Waals surface area contributed by atoms with Gasteiger partial charge in [0.2, 0.25) is 0 Å². The Morgan fingerprint density at radius 2 is 1.95 bits per heavy atom. The molecule has 1 amide bonds. The van der Waals surface area contributed by atoms with E-state index in [4.69, 9.17) is 11.6 Å². The summed E-state index contributed by atoms with van der Waals surface area (Å²) in [4.78, 5) is 14.2. The van der Waals surface area contributed by atoms with Gasteiger partial charge in [-0.05, 0) is 47.1 Å². The number of benzene rings is 2. The highest BCUT2D eigenvalue weighted by atomic mass is 79.9. The zero-order valence-electron chi connectivity index (χ0n) is 11.7. The van der Waals surface area contributed by atoms with Crippen molar-refractivity contribution in [3.05, 3.63) is 63.1 Å². The molecule has 3 nitrogen and oxygen atoms in total. The third kappa shape index (κ3) is 3.39. The lowest BCUT2D eigenvalue weighted by Gasteiger charge is -2.26. The zero-order valence-corrected chi connectivity index (χ0v) is 14.0. The van der Waals surface area contributed by atoms with Gasteiger partial charge in [0.1, 0.15) is 5.75 Å². The summed E-state index contributed by atoms with van der Waals surface area (Å²) in [6.45, 7) is 1.87. The number of carbonyl (C=O) groups excluding carboxylic acids is 1. The van der Waals surface area contributed by atoms with E-state index in [-0.39, 0.29) is 17.7 Å². The van der Waals surface area contributed by atoms with Crippen LogP contribution in [-0.4, -0.2) is 23.0 Å². The van der Waals surface area contributed by atoms with Crippen molar-refractivity contribution < 1.29 is 9.90 Å². The lowest BCUT2D eigenvalue weighted by atomic mass is 10.1. The maximum absolute atomic E-state index is 12.6. The minimum atomic E-state index is -0.260. The fraction of sp³-hybridized carbons (Fsp3) is 0.188. The predicted octanol–water partition coefficient (Wildman–Crippen LogP) is 4.64. The summed E-state index contributed by atoms with van der Waals surface area (Å²) in [6.07, 6.45) is 0. The first-order valence-corrected chi connectivity index (χ1v) is 7.59. The Hall–Kier alpha value is -1.52. The largest absolute Gasteiger partial charge is 0.508 e. The zero-order chi connectivity index (χ0) is 15.6. The Balaban J connectivity index is 2.31. The van der Waals surface area contributed by atoms with Crippen molar-refractivity contribution >= 4 is 33.4 Å². The highest BCUT2D eigenvalue weighted by molar-refractivity contribution is 9.10. The molecule has 2 rings (SSSR count). The number of rotatable bonds is 3. The second-order valence-corrected chi connectivity index (χ2v) is 6.07. The minimum Gasteiger partial charge on any atom is -0.508 e.